The SMILES string of the molecule is Fc1ccc(NCCSc2nnnn2C2CCCC2)cc1. The van der Waals surface area contributed by atoms with Gasteiger partial charge >= 0.3 is 0 Å². The fraction of sp³-hybridized carbons (Fsp3) is 0.500. The van der Waals surface area contributed by atoms with Crippen LogP contribution in [-0.2, 0) is 0 Å². The summed E-state index contributed by atoms with van der Waals surface area (Å²) in [5, 5.41) is 16.2. The van der Waals surface area contributed by atoms with Gasteiger partial charge in [0, 0.05) is 18.0 Å². The summed E-state index contributed by atoms with van der Waals surface area (Å²) in [5.41, 5.74) is 0.924. The Labute approximate surface area is 127 Å². The number of nitrogens with one attached hydrogen (secondary N) is 1. The lowest BCUT2D eigenvalue weighted by atomic mass is 10.3. The molecule has 0 spiro atoms. The molecule has 1 aliphatic carbocycles. The van der Waals surface area contributed by atoms with Gasteiger partial charge in [-0.15, -0.1) is 5.10 Å². The quantitative estimate of drug-likeness (QED) is 0.656. The van der Waals surface area contributed by atoms with Gasteiger partial charge in [0.05, 0.1) is 6.04 Å². The molecule has 112 valence electrons. The first-order valence-corrected chi connectivity index (χ1v) is 8.21. The number of tetrazole rings is 1. The lowest BCUT2D eigenvalue weighted by Gasteiger charge is -2.11. The predicted molar refractivity (Wildman–Crippen MR) is 80.9 cm³/mol. The van der Waals surface area contributed by atoms with Gasteiger partial charge < -0.3 is 5.32 Å². The molecule has 0 bridgehead atoms. The van der Waals surface area contributed by atoms with Crippen molar-refractivity contribution >= 4 is 17.4 Å². The second-order valence-corrected chi connectivity index (χ2v) is 6.19. The number of halogens is 1. The monoisotopic (exact) mass is 307 g/mol. The van der Waals surface area contributed by atoms with Crippen LogP contribution < -0.4 is 5.32 Å². The van der Waals surface area contributed by atoms with E-state index in [4.69, 9.17) is 0 Å². The fourth-order valence-electron chi connectivity index (χ4n) is 2.56. The van der Waals surface area contributed by atoms with Crippen LogP contribution in [0.1, 0.15) is 31.7 Å². The topological polar surface area (TPSA) is 55.6 Å². The van der Waals surface area contributed by atoms with Gasteiger partial charge in [0.1, 0.15) is 5.82 Å². The molecule has 0 aliphatic heterocycles. The van der Waals surface area contributed by atoms with Crippen LogP contribution in [0.4, 0.5) is 10.1 Å². The molecule has 1 aromatic heterocycles. The van der Waals surface area contributed by atoms with Crippen molar-refractivity contribution in [2.75, 3.05) is 17.6 Å². The molecule has 1 aromatic carbocycles. The highest BCUT2D eigenvalue weighted by Gasteiger charge is 2.21. The maximum Gasteiger partial charge on any atom is 0.209 e. The highest BCUT2D eigenvalue weighted by molar-refractivity contribution is 7.99. The third-order valence-electron chi connectivity index (χ3n) is 3.64. The second kappa shape index (κ2) is 6.89. The molecule has 1 N–H and O–H groups in total. The lowest BCUT2D eigenvalue weighted by Crippen LogP contribution is -2.10. The van der Waals surface area contributed by atoms with Gasteiger partial charge in [0.2, 0.25) is 5.16 Å². The Morgan fingerprint density at radius 3 is 2.76 bits per heavy atom. The van der Waals surface area contributed by atoms with E-state index in [1.165, 1.54) is 37.8 Å². The Hall–Kier alpha value is -1.63. The second-order valence-electron chi connectivity index (χ2n) is 5.13. The number of anilines is 1. The van der Waals surface area contributed by atoms with E-state index >= 15 is 0 Å². The van der Waals surface area contributed by atoms with E-state index in [1.807, 2.05) is 4.68 Å². The van der Waals surface area contributed by atoms with E-state index in [2.05, 4.69) is 20.8 Å². The Morgan fingerprint density at radius 2 is 2.00 bits per heavy atom. The summed E-state index contributed by atoms with van der Waals surface area (Å²) in [5.74, 6) is 0.649. The molecule has 1 heterocycles. The molecule has 1 fully saturated rings. The third kappa shape index (κ3) is 3.72. The van der Waals surface area contributed by atoms with Crippen molar-refractivity contribution in [3.05, 3.63) is 30.1 Å². The van der Waals surface area contributed by atoms with Crippen molar-refractivity contribution in [2.45, 2.75) is 36.9 Å². The number of rotatable bonds is 6. The highest BCUT2D eigenvalue weighted by atomic mass is 32.2. The molecule has 1 aliphatic rings. The molecule has 0 atom stereocenters. The smallest absolute Gasteiger partial charge is 0.209 e. The minimum Gasteiger partial charge on any atom is -0.384 e. The van der Waals surface area contributed by atoms with Crippen molar-refractivity contribution < 1.29 is 4.39 Å². The number of thioether (sulfide) groups is 1. The Bertz CT molecular complexity index is 565. The Balaban J connectivity index is 1.47. The van der Waals surface area contributed by atoms with Crippen molar-refractivity contribution in [3.8, 4) is 0 Å². The van der Waals surface area contributed by atoms with Gasteiger partial charge in [0.25, 0.3) is 0 Å². The van der Waals surface area contributed by atoms with Crippen molar-refractivity contribution in [2.24, 2.45) is 0 Å². The van der Waals surface area contributed by atoms with Crippen LogP contribution in [-0.4, -0.2) is 32.5 Å². The molecular formula is C14H18FN5S. The van der Waals surface area contributed by atoms with Gasteiger partial charge in [-0.05, 0) is 47.5 Å². The van der Waals surface area contributed by atoms with E-state index in [-0.39, 0.29) is 5.82 Å². The average molecular weight is 307 g/mol. The minimum absolute atomic E-state index is 0.217. The normalized spacial score (nSPS) is 15.5. The molecule has 5 nitrogen and oxygen atoms in total. The van der Waals surface area contributed by atoms with E-state index in [0.29, 0.717) is 6.04 Å². The zero-order chi connectivity index (χ0) is 14.5. The maximum atomic E-state index is 12.8. The lowest BCUT2D eigenvalue weighted by molar-refractivity contribution is 0.423. The van der Waals surface area contributed by atoms with Crippen LogP contribution in [0.2, 0.25) is 0 Å². The van der Waals surface area contributed by atoms with Gasteiger partial charge in [0.15, 0.2) is 0 Å². The van der Waals surface area contributed by atoms with Crippen LogP contribution in [0.3, 0.4) is 0 Å². The van der Waals surface area contributed by atoms with Crippen LogP contribution >= 0.6 is 11.8 Å². The van der Waals surface area contributed by atoms with Gasteiger partial charge in [-0.1, -0.05) is 24.6 Å². The fourth-order valence-corrected chi connectivity index (χ4v) is 3.36. The molecule has 21 heavy (non-hydrogen) atoms. The van der Waals surface area contributed by atoms with Gasteiger partial charge in [-0.3, -0.25) is 0 Å². The standard InChI is InChI=1S/C14H18FN5S/c15-11-5-7-12(8-6-11)16-9-10-21-14-17-18-19-20(14)13-3-1-2-4-13/h5-8,13,16H,1-4,9-10H2. The Morgan fingerprint density at radius 1 is 1.24 bits per heavy atom. The largest absolute Gasteiger partial charge is 0.384 e. The highest BCUT2D eigenvalue weighted by Crippen LogP contribution is 2.31. The van der Waals surface area contributed by atoms with Gasteiger partial charge in [-0.2, -0.15) is 0 Å². The van der Waals surface area contributed by atoms with E-state index in [1.54, 1.807) is 23.9 Å². The number of hydrogen-bond donors (Lipinski definition) is 1. The first-order chi connectivity index (χ1) is 10.3. The zero-order valence-electron chi connectivity index (χ0n) is 11.7. The molecule has 1 saturated carbocycles. The number of benzene rings is 1. The molecule has 7 heteroatoms. The molecule has 0 saturated heterocycles. The van der Waals surface area contributed by atoms with Crippen LogP contribution in [0.25, 0.3) is 0 Å². The number of aromatic nitrogens is 4. The molecule has 2 aromatic rings. The van der Waals surface area contributed by atoms with Crippen molar-refractivity contribution in [1.29, 1.82) is 0 Å². The predicted octanol–water partition coefficient (Wildman–Crippen LogP) is 3.13. The summed E-state index contributed by atoms with van der Waals surface area (Å²) in [6, 6.07) is 6.85. The summed E-state index contributed by atoms with van der Waals surface area (Å²) < 4.78 is 14.8. The summed E-state index contributed by atoms with van der Waals surface area (Å²) in [6.45, 7) is 0.786. The van der Waals surface area contributed by atoms with Crippen LogP contribution in [0.5, 0.6) is 0 Å². The molecule has 0 amide bonds. The average Bonchev–Trinajstić information content (AvgIpc) is 3.16. The van der Waals surface area contributed by atoms with Gasteiger partial charge in [-0.25, -0.2) is 9.07 Å². The van der Waals surface area contributed by atoms with E-state index in [0.717, 1.165) is 23.1 Å². The maximum absolute atomic E-state index is 12.8. The summed E-state index contributed by atoms with van der Waals surface area (Å²) in [6.07, 6.45) is 4.88. The van der Waals surface area contributed by atoms with E-state index < -0.39 is 0 Å². The summed E-state index contributed by atoms with van der Waals surface area (Å²) >= 11 is 1.65. The Kier molecular flexibility index (Phi) is 4.69. The first-order valence-electron chi connectivity index (χ1n) is 7.23. The first kappa shape index (κ1) is 14.3. The molecule has 3 rings (SSSR count). The number of hydrogen-bond acceptors (Lipinski definition) is 5. The number of nitrogens with zero attached hydrogens (tertiary/aromatic N) is 4. The van der Waals surface area contributed by atoms with Crippen molar-refractivity contribution in [1.82, 2.24) is 20.2 Å². The third-order valence-corrected chi connectivity index (χ3v) is 4.57. The molecular weight excluding hydrogens is 289 g/mol. The molecule has 0 unspecified atom stereocenters. The van der Waals surface area contributed by atoms with E-state index in [9.17, 15) is 4.39 Å². The molecule has 0 radical (unpaired) electrons. The van der Waals surface area contributed by atoms with Crippen LogP contribution in [0.15, 0.2) is 29.4 Å². The minimum atomic E-state index is -0.217. The zero-order valence-corrected chi connectivity index (χ0v) is 12.5. The van der Waals surface area contributed by atoms with Crippen molar-refractivity contribution in [3.63, 3.8) is 0 Å². The summed E-state index contributed by atoms with van der Waals surface area (Å²) in [7, 11) is 0. The summed E-state index contributed by atoms with van der Waals surface area (Å²) in [4.78, 5) is 0. The van der Waals surface area contributed by atoms with Crippen LogP contribution in [0, 0.1) is 5.82 Å².